The van der Waals surface area contributed by atoms with E-state index < -0.39 is 15.8 Å². The van der Waals surface area contributed by atoms with Gasteiger partial charge in [-0.05, 0) is 52.4 Å². The molecule has 0 aliphatic heterocycles. The van der Waals surface area contributed by atoms with Gasteiger partial charge in [0.2, 0.25) is 10.0 Å². The van der Waals surface area contributed by atoms with E-state index in [9.17, 15) is 12.8 Å². The van der Waals surface area contributed by atoms with Gasteiger partial charge in [-0.1, -0.05) is 19.8 Å². The van der Waals surface area contributed by atoms with E-state index in [2.05, 4.69) is 27.6 Å². The van der Waals surface area contributed by atoms with Gasteiger partial charge in [0, 0.05) is 11.0 Å². The molecule has 2 atom stereocenters. The molecule has 0 heterocycles. The summed E-state index contributed by atoms with van der Waals surface area (Å²) in [6.45, 7) is 2.60. The second-order valence-corrected chi connectivity index (χ2v) is 7.68. The molecule has 1 N–H and O–H groups in total. The predicted molar refractivity (Wildman–Crippen MR) is 75.8 cm³/mol. The number of hydrogen-bond acceptors (Lipinski definition) is 2. The van der Waals surface area contributed by atoms with E-state index in [1.165, 1.54) is 6.07 Å². The van der Waals surface area contributed by atoms with Crippen molar-refractivity contribution in [3.63, 3.8) is 0 Å². The molecule has 1 fully saturated rings. The third kappa shape index (κ3) is 3.55. The summed E-state index contributed by atoms with van der Waals surface area (Å²) in [6, 6.07) is 3.59. The van der Waals surface area contributed by atoms with Crippen LogP contribution >= 0.6 is 15.9 Å². The average Bonchev–Trinajstić information content (AvgIpc) is 2.72. The van der Waals surface area contributed by atoms with Crippen LogP contribution in [0.15, 0.2) is 27.6 Å². The van der Waals surface area contributed by atoms with Gasteiger partial charge in [-0.15, -0.1) is 0 Å². The van der Waals surface area contributed by atoms with Crippen LogP contribution in [0.1, 0.15) is 26.2 Å². The van der Waals surface area contributed by atoms with Crippen molar-refractivity contribution in [3.8, 4) is 0 Å². The number of benzene rings is 1. The molecule has 6 heteroatoms. The smallest absolute Gasteiger partial charge is 0.211 e. The highest BCUT2D eigenvalue weighted by Gasteiger charge is 2.26. The standard InChI is InChI=1S/C13H17BrFNO2S/c1-9-3-2-4-10(9)8-16-19(17,18)13-6-5-11(15)7-12(13)14/h5-7,9-10,16H,2-4,8H2,1H3. The molecule has 1 aromatic rings. The lowest BCUT2D eigenvalue weighted by molar-refractivity contribution is 0.414. The Morgan fingerprint density at radius 1 is 1.42 bits per heavy atom. The fourth-order valence-electron chi connectivity index (χ4n) is 2.51. The second kappa shape index (κ2) is 5.89. The molecule has 106 valence electrons. The van der Waals surface area contributed by atoms with Crippen LogP contribution in [0.2, 0.25) is 0 Å². The Morgan fingerprint density at radius 3 is 2.74 bits per heavy atom. The van der Waals surface area contributed by atoms with Gasteiger partial charge in [-0.2, -0.15) is 0 Å². The number of sulfonamides is 1. The Kier molecular flexibility index (Phi) is 4.63. The summed E-state index contributed by atoms with van der Waals surface area (Å²) in [5, 5.41) is 0. The van der Waals surface area contributed by atoms with Crippen molar-refractivity contribution in [2.45, 2.75) is 31.1 Å². The Bertz CT molecular complexity index is 562. The molecule has 0 amide bonds. The number of rotatable bonds is 4. The number of hydrogen-bond donors (Lipinski definition) is 1. The molecule has 1 aliphatic rings. The lowest BCUT2D eigenvalue weighted by Gasteiger charge is -2.16. The van der Waals surface area contributed by atoms with Crippen LogP contribution in [0.5, 0.6) is 0 Å². The lowest BCUT2D eigenvalue weighted by atomic mass is 9.99. The first kappa shape index (κ1) is 14.9. The fraction of sp³-hybridized carbons (Fsp3) is 0.538. The molecule has 0 spiro atoms. The van der Waals surface area contributed by atoms with Gasteiger partial charge in [0.05, 0.1) is 4.90 Å². The van der Waals surface area contributed by atoms with Crippen molar-refractivity contribution in [2.24, 2.45) is 11.8 Å². The third-order valence-corrected chi connectivity index (χ3v) is 6.16. The fourth-order valence-corrected chi connectivity index (χ4v) is 4.66. The largest absolute Gasteiger partial charge is 0.241 e. The average molecular weight is 350 g/mol. The monoisotopic (exact) mass is 349 g/mol. The molecule has 0 radical (unpaired) electrons. The minimum absolute atomic E-state index is 0.0829. The molecular weight excluding hydrogens is 333 g/mol. The first-order chi connectivity index (χ1) is 8.90. The summed E-state index contributed by atoms with van der Waals surface area (Å²) in [7, 11) is -3.58. The maximum Gasteiger partial charge on any atom is 0.241 e. The van der Waals surface area contributed by atoms with Crippen LogP contribution in [-0.2, 0) is 10.0 Å². The van der Waals surface area contributed by atoms with Gasteiger partial charge in [-0.3, -0.25) is 0 Å². The van der Waals surface area contributed by atoms with Crippen LogP contribution in [0.3, 0.4) is 0 Å². The van der Waals surface area contributed by atoms with E-state index in [0.717, 1.165) is 31.4 Å². The third-order valence-electron chi connectivity index (χ3n) is 3.76. The van der Waals surface area contributed by atoms with Gasteiger partial charge in [0.25, 0.3) is 0 Å². The molecule has 2 rings (SSSR count). The van der Waals surface area contributed by atoms with Gasteiger partial charge in [-0.25, -0.2) is 17.5 Å². The van der Waals surface area contributed by atoms with Gasteiger partial charge in [0.1, 0.15) is 5.82 Å². The van der Waals surface area contributed by atoms with Gasteiger partial charge >= 0.3 is 0 Å². The van der Waals surface area contributed by atoms with Crippen molar-refractivity contribution in [2.75, 3.05) is 6.54 Å². The summed E-state index contributed by atoms with van der Waals surface area (Å²) in [4.78, 5) is 0.0829. The lowest BCUT2D eigenvalue weighted by Crippen LogP contribution is -2.30. The van der Waals surface area contributed by atoms with Crippen molar-refractivity contribution in [1.29, 1.82) is 0 Å². The van der Waals surface area contributed by atoms with Crippen molar-refractivity contribution in [3.05, 3.63) is 28.5 Å². The van der Waals surface area contributed by atoms with Crippen LogP contribution in [0.4, 0.5) is 4.39 Å². The van der Waals surface area contributed by atoms with Crippen LogP contribution < -0.4 is 4.72 Å². The predicted octanol–water partition coefficient (Wildman–Crippen LogP) is 3.30. The normalized spacial score (nSPS) is 23.7. The van der Waals surface area contributed by atoms with E-state index in [-0.39, 0.29) is 9.37 Å². The molecule has 0 saturated heterocycles. The summed E-state index contributed by atoms with van der Waals surface area (Å²) >= 11 is 3.09. The summed E-state index contributed by atoms with van der Waals surface area (Å²) in [5.41, 5.74) is 0. The molecule has 1 aromatic carbocycles. The maximum absolute atomic E-state index is 13.0. The topological polar surface area (TPSA) is 46.2 Å². The first-order valence-electron chi connectivity index (χ1n) is 6.35. The maximum atomic E-state index is 13.0. The zero-order valence-corrected chi connectivity index (χ0v) is 13.1. The molecule has 0 aromatic heterocycles. The SMILES string of the molecule is CC1CCCC1CNS(=O)(=O)c1ccc(F)cc1Br. The molecule has 1 saturated carbocycles. The quantitative estimate of drug-likeness (QED) is 0.906. The van der Waals surface area contributed by atoms with Gasteiger partial charge < -0.3 is 0 Å². The summed E-state index contributed by atoms with van der Waals surface area (Å²) < 4.78 is 40.2. The van der Waals surface area contributed by atoms with Gasteiger partial charge in [0.15, 0.2) is 0 Å². The van der Waals surface area contributed by atoms with Crippen molar-refractivity contribution in [1.82, 2.24) is 4.72 Å². The molecular formula is C13H17BrFNO2S. The van der Waals surface area contributed by atoms with Crippen LogP contribution in [0, 0.1) is 17.7 Å². The van der Waals surface area contributed by atoms with Crippen LogP contribution in [-0.4, -0.2) is 15.0 Å². The number of nitrogens with one attached hydrogen (secondary N) is 1. The van der Waals surface area contributed by atoms with Crippen LogP contribution in [0.25, 0.3) is 0 Å². The highest BCUT2D eigenvalue weighted by molar-refractivity contribution is 9.10. The van der Waals surface area contributed by atoms with E-state index >= 15 is 0 Å². The molecule has 3 nitrogen and oxygen atoms in total. The van der Waals surface area contributed by atoms with E-state index in [1.54, 1.807) is 0 Å². The molecule has 19 heavy (non-hydrogen) atoms. The zero-order chi connectivity index (χ0) is 14.0. The summed E-state index contributed by atoms with van der Waals surface area (Å²) in [6.07, 6.45) is 3.38. The Labute approximate surface area is 121 Å². The highest BCUT2D eigenvalue weighted by atomic mass is 79.9. The van der Waals surface area contributed by atoms with Crippen molar-refractivity contribution >= 4 is 26.0 Å². The van der Waals surface area contributed by atoms with Crippen molar-refractivity contribution < 1.29 is 12.8 Å². The Morgan fingerprint density at radius 2 is 2.16 bits per heavy atom. The minimum Gasteiger partial charge on any atom is -0.211 e. The van der Waals surface area contributed by atoms with E-state index in [1.807, 2.05) is 0 Å². The van der Waals surface area contributed by atoms with E-state index in [0.29, 0.717) is 18.4 Å². The molecule has 0 bridgehead atoms. The number of halogens is 2. The molecule has 1 aliphatic carbocycles. The zero-order valence-electron chi connectivity index (χ0n) is 10.7. The minimum atomic E-state index is -3.58. The first-order valence-corrected chi connectivity index (χ1v) is 8.62. The molecule has 2 unspecified atom stereocenters. The van der Waals surface area contributed by atoms with E-state index in [4.69, 9.17) is 0 Å². The second-order valence-electron chi connectivity index (χ2n) is 5.09. The highest BCUT2D eigenvalue weighted by Crippen LogP contribution is 2.31. The Hall–Kier alpha value is -0.460. The summed E-state index contributed by atoms with van der Waals surface area (Å²) in [5.74, 6) is 0.489. The Balaban J connectivity index is 2.09.